The smallest absolute Gasteiger partial charge is 0.0701 e. The zero-order valence-electron chi connectivity index (χ0n) is 10.2. The van der Waals surface area contributed by atoms with E-state index in [2.05, 4.69) is 53.2 Å². The van der Waals surface area contributed by atoms with Gasteiger partial charge in [-0.15, -0.1) is 11.3 Å². The molecule has 0 spiro atoms. The molecule has 2 N–H and O–H groups in total. The number of hydrogen-bond donors (Lipinski definition) is 1. The maximum atomic E-state index is 6.03. The first-order valence-corrected chi connectivity index (χ1v) is 7.33. The summed E-state index contributed by atoms with van der Waals surface area (Å²) in [5.41, 5.74) is 7.40. The molecule has 1 rings (SSSR count). The minimum Gasteiger partial charge on any atom is -0.327 e. The van der Waals surface area contributed by atoms with Crippen LogP contribution in [-0.4, -0.2) is 24.5 Å². The summed E-state index contributed by atoms with van der Waals surface area (Å²) >= 11 is 5.22. The van der Waals surface area contributed by atoms with E-state index >= 15 is 0 Å². The maximum Gasteiger partial charge on any atom is 0.0701 e. The Morgan fingerprint density at radius 1 is 1.50 bits per heavy atom. The Labute approximate surface area is 111 Å². The summed E-state index contributed by atoms with van der Waals surface area (Å²) in [7, 11) is 2.15. The lowest BCUT2D eigenvalue weighted by molar-refractivity contribution is 0.296. The molecule has 92 valence electrons. The van der Waals surface area contributed by atoms with Gasteiger partial charge < -0.3 is 10.6 Å². The molecule has 4 heteroatoms. The lowest BCUT2D eigenvalue weighted by Gasteiger charge is -2.20. The van der Waals surface area contributed by atoms with E-state index in [0.29, 0.717) is 12.0 Å². The second kappa shape index (κ2) is 6.74. The molecule has 1 unspecified atom stereocenters. The fourth-order valence-corrected chi connectivity index (χ4v) is 2.72. The van der Waals surface area contributed by atoms with Crippen LogP contribution in [0.2, 0.25) is 0 Å². The predicted molar refractivity (Wildman–Crippen MR) is 75.8 cm³/mol. The first-order chi connectivity index (χ1) is 7.49. The van der Waals surface area contributed by atoms with Gasteiger partial charge in [0.1, 0.15) is 0 Å². The van der Waals surface area contributed by atoms with Crippen LogP contribution in [0.15, 0.2) is 15.2 Å². The number of thiophene rings is 1. The Morgan fingerprint density at radius 3 is 2.69 bits per heavy atom. The molecule has 1 atom stereocenters. The summed E-state index contributed by atoms with van der Waals surface area (Å²) in [6, 6.07) is 2.50. The summed E-state index contributed by atoms with van der Waals surface area (Å²) < 4.78 is 1.20. The molecule has 0 saturated heterocycles. The van der Waals surface area contributed by atoms with Crippen LogP contribution in [0.1, 0.15) is 25.8 Å². The molecular weight excluding hydrogens is 284 g/mol. The largest absolute Gasteiger partial charge is 0.327 e. The summed E-state index contributed by atoms with van der Waals surface area (Å²) in [5.74, 6) is 0.573. The van der Waals surface area contributed by atoms with Crippen LogP contribution >= 0.6 is 27.3 Å². The van der Waals surface area contributed by atoms with Gasteiger partial charge in [-0.1, -0.05) is 13.8 Å². The SMILES string of the molecule is CC(C)C(N)CCN(C)Cc1csc(Br)c1. The van der Waals surface area contributed by atoms with Crippen molar-refractivity contribution < 1.29 is 0 Å². The molecule has 1 heterocycles. The predicted octanol–water partition coefficient (Wildman–Crippen LogP) is 3.32. The van der Waals surface area contributed by atoms with E-state index in [-0.39, 0.29) is 0 Å². The third kappa shape index (κ3) is 4.95. The monoisotopic (exact) mass is 304 g/mol. The van der Waals surface area contributed by atoms with Crippen molar-refractivity contribution in [1.29, 1.82) is 0 Å². The van der Waals surface area contributed by atoms with E-state index in [1.807, 2.05) is 0 Å². The fraction of sp³-hybridized carbons (Fsp3) is 0.667. The average molecular weight is 305 g/mol. The van der Waals surface area contributed by atoms with Crippen LogP contribution in [0.3, 0.4) is 0 Å². The second-order valence-electron chi connectivity index (χ2n) is 4.69. The molecule has 0 aliphatic heterocycles. The Morgan fingerprint density at radius 2 is 2.19 bits per heavy atom. The minimum atomic E-state index is 0.316. The van der Waals surface area contributed by atoms with Gasteiger partial charge in [0, 0.05) is 12.6 Å². The molecule has 0 saturated carbocycles. The van der Waals surface area contributed by atoms with E-state index in [4.69, 9.17) is 5.73 Å². The van der Waals surface area contributed by atoms with Crippen LogP contribution < -0.4 is 5.73 Å². The third-order valence-corrected chi connectivity index (χ3v) is 4.33. The molecule has 0 aliphatic rings. The second-order valence-corrected chi connectivity index (χ2v) is 6.98. The van der Waals surface area contributed by atoms with Crippen molar-refractivity contribution >= 4 is 27.3 Å². The van der Waals surface area contributed by atoms with Crippen molar-refractivity contribution in [2.75, 3.05) is 13.6 Å². The third-order valence-electron chi connectivity index (χ3n) is 2.77. The van der Waals surface area contributed by atoms with Gasteiger partial charge in [-0.05, 0) is 58.9 Å². The van der Waals surface area contributed by atoms with Gasteiger partial charge >= 0.3 is 0 Å². The van der Waals surface area contributed by atoms with Crippen LogP contribution in [0.5, 0.6) is 0 Å². The van der Waals surface area contributed by atoms with Gasteiger partial charge in [0.2, 0.25) is 0 Å². The van der Waals surface area contributed by atoms with Gasteiger partial charge in [-0.25, -0.2) is 0 Å². The normalized spacial score (nSPS) is 13.7. The number of nitrogens with two attached hydrogens (primary N) is 1. The molecule has 1 aromatic heterocycles. The quantitative estimate of drug-likeness (QED) is 0.873. The van der Waals surface area contributed by atoms with E-state index in [1.54, 1.807) is 11.3 Å². The number of rotatable bonds is 6. The van der Waals surface area contributed by atoms with Crippen molar-refractivity contribution in [3.8, 4) is 0 Å². The highest BCUT2D eigenvalue weighted by molar-refractivity contribution is 9.11. The zero-order chi connectivity index (χ0) is 12.1. The number of hydrogen-bond acceptors (Lipinski definition) is 3. The van der Waals surface area contributed by atoms with Gasteiger partial charge in [-0.2, -0.15) is 0 Å². The first-order valence-electron chi connectivity index (χ1n) is 5.66. The van der Waals surface area contributed by atoms with Crippen LogP contribution in [-0.2, 0) is 6.54 Å². The Bertz CT molecular complexity index is 312. The molecule has 0 bridgehead atoms. The molecule has 2 nitrogen and oxygen atoms in total. The van der Waals surface area contributed by atoms with E-state index in [1.165, 1.54) is 9.35 Å². The molecular formula is C12H21BrN2S. The Balaban J connectivity index is 2.28. The molecule has 1 aromatic rings. The summed E-state index contributed by atoms with van der Waals surface area (Å²) in [4.78, 5) is 2.33. The van der Waals surface area contributed by atoms with Crippen molar-refractivity contribution in [1.82, 2.24) is 4.90 Å². The number of nitrogens with zero attached hydrogens (tertiary/aromatic N) is 1. The summed E-state index contributed by atoms with van der Waals surface area (Å²) in [6.45, 7) is 6.43. The van der Waals surface area contributed by atoms with Gasteiger partial charge in [0.25, 0.3) is 0 Å². The standard InChI is InChI=1S/C12H21BrN2S/c1-9(2)11(14)4-5-15(3)7-10-6-12(13)16-8-10/h6,8-9,11H,4-5,7,14H2,1-3H3. The lowest BCUT2D eigenvalue weighted by atomic mass is 10.0. The van der Waals surface area contributed by atoms with Crippen LogP contribution in [0.4, 0.5) is 0 Å². The highest BCUT2D eigenvalue weighted by Gasteiger charge is 2.09. The van der Waals surface area contributed by atoms with Gasteiger partial charge in [0.05, 0.1) is 3.79 Å². The van der Waals surface area contributed by atoms with Crippen LogP contribution in [0.25, 0.3) is 0 Å². The van der Waals surface area contributed by atoms with Crippen molar-refractivity contribution in [3.05, 3.63) is 20.8 Å². The lowest BCUT2D eigenvalue weighted by Crippen LogP contribution is -2.31. The first kappa shape index (κ1) is 14.2. The molecule has 0 amide bonds. The molecule has 0 fully saturated rings. The van der Waals surface area contributed by atoms with Crippen LogP contribution in [0, 0.1) is 5.92 Å². The average Bonchev–Trinajstić information content (AvgIpc) is 2.60. The van der Waals surface area contributed by atoms with E-state index in [9.17, 15) is 0 Å². The van der Waals surface area contributed by atoms with Gasteiger partial charge in [0.15, 0.2) is 0 Å². The fourth-order valence-electron chi connectivity index (χ4n) is 1.52. The molecule has 0 aliphatic carbocycles. The molecule has 0 aromatic carbocycles. The Hall–Kier alpha value is 0.100. The maximum absolute atomic E-state index is 6.03. The zero-order valence-corrected chi connectivity index (χ0v) is 12.6. The van der Waals surface area contributed by atoms with Crippen molar-refractivity contribution in [2.45, 2.75) is 32.9 Å². The van der Waals surface area contributed by atoms with E-state index < -0.39 is 0 Å². The summed E-state index contributed by atoms with van der Waals surface area (Å²) in [5, 5.41) is 2.20. The highest BCUT2D eigenvalue weighted by atomic mass is 79.9. The molecule has 0 radical (unpaired) electrons. The minimum absolute atomic E-state index is 0.316. The van der Waals surface area contributed by atoms with Gasteiger partial charge in [-0.3, -0.25) is 0 Å². The van der Waals surface area contributed by atoms with Crippen molar-refractivity contribution in [3.63, 3.8) is 0 Å². The Kier molecular flexibility index (Phi) is 5.97. The van der Waals surface area contributed by atoms with Crippen molar-refractivity contribution in [2.24, 2.45) is 11.7 Å². The number of halogens is 1. The molecule has 16 heavy (non-hydrogen) atoms. The highest BCUT2D eigenvalue weighted by Crippen LogP contribution is 2.21. The topological polar surface area (TPSA) is 29.3 Å². The summed E-state index contributed by atoms with van der Waals surface area (Å²) in [6.07, 6.45) is 1.07. The van der Waals surface area contributed by atoms with E-state index in [0.717, 1.165) is 19.5 Å².